The number of pyridine rings is 1. The van der Waals surface area contributed by atoms with Crippen molar-refractivity contribution in [2.45, 2.75) is 25.9 Å². The maximum Gasteiger partial charge on any atom is 0.130 e. The van der Waals surface area contributed by atoms with Crippen LogP contribution in [-0.2, 0) is 0 Å². The molecule has 0 atom stereocenters. The third-order valence-corrected chi connectivity index (χ3v) is 3.26. The van der Waals surface area contributed by atoms with Crippen LogP contribution in [0.5, 0.6) is 0 Å². The lowest BCUT2D eigenvalue weighted by Crippen LogP contribution is -2.37. The number of rotatable bonds is 3. The average molecular weight is 221 g/mol. The number of nitrogens with two attached hydrogens (primary N) is 1. The van der Waals surface area contributed by atoms with E-state index in [0.717, 1.165) is 36.5 Å². The van der Waals surface area contributed by atoms with Crippen LogP contribution >= 0.6 is 0 Å². The third kappa shape index (κ3) is 2.27. The van der Waals surface area contributed by atoms with Gasteiger partial charge in [-0.15, -0.1) is 0 Å². The van der Waals surface area contributed by atoms with Gasteiger partial charge in [-0.3, -0.25) is 0 Å². The van der Waals surface area contributed by atoms with Crippen molar-refractivity contribution in [3.8, 4) is 0 Å². The molecule has 1 heterocycles. The number of nitrogen functional groups attached to an aromatic ring is 1. The summed E-state index contributed by atoms with van der Waals surface area (Å²) in [7, 11) is 2.02. The molecule has 1 aromatic heterocycles. The number of anilines is 2. The Morgan fingerprint density at radius 3 is 2.81 bits per heavy atom. The van der Waals surface area contributed by atoms with E-state index in [1.54, 1.807) is 6.20 Å². The first-order valence-electron chi connectivity index (χ1n) is 5.67. The lowest BCUT2D eigenvalue weighted by Gasteiger charge is -2.34. The van der Waals surface area contributed by atoms with Gasteiger partial charge >= 0.3 is 0 Å². The van der Waals surface area contributed by atoms with Crippen LogP contribution in [0.25, 0.3) is 0 Å². The molecule has 88 valence electrons. The van der Waals surface area contributed by atoms with Gasteiger partial charge in [0, 0.05) is 31.5 Å². The van der Waals surface area contributed by atoms with E-state index in [-0.39, 0.29) is 6.10 Å². The zero-order valence-electron chi connectivity index (χ0n) is 9.85. The van der Waals surface area contributed by atoms with Crippen LogP contribution in [0.15, 0.2) is 12.3 Å². The molecular weight excluding hydrogens is 202 g/mol. The highest BCUT2D eigenvalue weighted by Gasteiger charge is 2.28. The van der Waals surface area contributed by atoms with Gasteiger partial charge in [0.1, 0.15) is 5.82 Å². The third-order valence-electron chi connectivity index (χ3n) is 3.26. The van der Waals surface area contributed by atoms with Crippen molar-refractivity contribution in [1.29, 1.82) is 0 Å². The monoisotopic (exact) mass is 221 g/mol. The van der Waals surface area contributed by atoms with Crippen LogP contribution in [0.1, 0.15) is 18.4 Å². The van der Waals surface area contributed by atoms with E-state index in [2.05, 4.69) is 9.88 Å². The molecule has 0 aromatic carbocycles. The average Bonchev–Trinajstić information content (AvgIpc) is 2.19. The van der Waals surface area contributed by atoms with Gasteiger partial charge in [-0.1, -0.05) is 0 Å². The zero-order chi connectivity index (χ0) is 11.7. The molecule has 0 spiro atoms. The Kier molecular flexibility index (Phi) is 3.01. The van der Waals surface area contributed by atoms with Crippen LogP contribution < -0.4 is 10.6 Å². The van der Waals surface area contributed by atoms with Crippen LogP contribution in [0.4, 0.5) is 11.5 Å². The van der Waals surface area contributed by atoms with Crippen molar-refractivity contribution in [3.05, 3.63) is 17.8 Å². The highest BCUT2D eigenvalue weighted by atomic mass is 16.3. The maximum atomic E-state index is 9.23. The second-order valence-corrected chi connectivity index (χ2v) is 4.77. The van der Waals surface area contributed by atoms with E-state index in [1.807, 2.05) is 20.0 Å². The molecule has 0 aliphatic heterocycles. The molecule has 1 aliphatic rings. The summed E-state index contributed by atoms with van der Waals surface area (Å²) >= 11 is 0. The molecule has 0 unspecified atom stereocenters. The van der Waals surface area contributed by atoms with E-state index in [1.165, 1.54) is 0 Å². The predicted molar refractivity (Wildman–Crippen MR) is 65.4 cm³/mol. The first kappa shape index (κ1) is 11.2. The van der Waals surface area contributed by atoms with Gasteiger partial charge in [0.05, 0.1) is 6.10 Å². The summed E-state index contributed by atoms with van der Waals surface area (Å²) in [6.45, 7) is 2.89. The van der Waals surface area contributed by atoms with Gasteiger partial charge in [0.25, 0.3) is 0 Å². The first-order chi connectivity index (χ1) is 7.56. The summed E-state index contributed by atoms with van der Waals surface area (Å²) in [5.41, 5.74) is 7.64. The van der Waals surface area contributed by atoms with Gasteiger partial charge in [-0.05, 0) is 31.2 Å². The molecule has 2 rings (SSSR count). The number of aryl methyl sites for hydroxylation is 1. The number of aliphatic hydroxyl groups is 1. The van der Waals surface area contributed by atoms with Gasteiger partial charge in [0.2, 0.25) is 0 Å². The molecule has 1 aliphatic carbocycles. The minimum atomic E-state index is -0.0885. The van der Waals surface area contributed by atoms with Crippen LogP contribution in [0.2, 0.25) is 0 Å². The van der Waals surface area contributed by atoms with E-state index >= 15 is 0 Å². The van der Waals surface area contributed by atoms with Crippen LogP contribution in [0, 0.1) is 12.8 Å². The molecule has 0 amide bonds. The topological polar surface area (TPSA) is 62.4 Å². The molecule has 3 N–H and O–H groups in total. The van der Waals surface area contributed by atoms with Crippen molar-refractivity contribution in [2.75, 3.05) is 24.2 Å². The quantitative estimate of drug-likeness (QED) is 0.804. The Balaban J connectivity index is 1.97. The van der Waals surface area contributed by atoms with Gasteiger partial charge < -0.3 is 15.7 Å². The predicted octanol–water partition coefficient (Wildman–Crippen LogP) is 1.18. The Hall–Kier alpha value is -1.29. The molecule has 4 nitrogen and oxygen atoms in total. The molecule has 1 aromatic rings. The summed E-state index contributed by atoms with van der Waals surface area (Å²) in [5, 5.41) is 9.23. The van der Waals surface area contributed by atoms with E-state index in [9.17, 15) is 5.11 Å². The minimum Gasteiger partial charge on any atom is -0.398 e. The first-order valence-corrected chi connectivity index (χ1v) is 5.67. The minimum absolute atomic E-state index is 0.0885. The van der Waals surface area contributed by atoms with Crippen molar-refractivity contribution in [1.82, 2.24) is 4.98 Å². The zero-order valence-corrected chi connectivity index (χ0v) is 9.85. The fourth-order valence-electron chi connectivity index (χ4n) is 2.07. The Labute approximate surface area is 96.1 Å². The summed E-state index contributed by atoms with van der Waals surface area (Å²) in [4.78, 5) is 6.46. The SMILES string of the molecule is Cc1cnc(N(C)CC2CC(O)C2)cc1N. The smallest absolute Gasteiger partial charge is 0.130 e. The highest BCUT2D eigenvalue weighted by molar-refractivity contribution is 5.54. The molecule has 1 saturated carbocycles. The maximum absolute atomic E-state index is 9.23. The highest BCUT2D eigenvalue weighted by Crippen LogP contribution is 2.29. The van der Waals surface area contributed by atoms with Crippen molar-refractivity contribution >= 4 is 11.5 Å². The standard InChI is InChI=1S/C12H19N3O/c1-8-6-14-12(5-11(8)13)15(2)7-9-3-10(16)4-9/h5-6,9-10,16H,3-4,7H2,1-2H3,(H2,13,14). The Morgan fingerprint density at radius 2 is 2.25 bits per heavy atom. The van der Waals surface area contributed by atoms with Gasteiger partial charge in [-0.25, -0.2) is 4.98 Å². The fraction of sp³-hybridized carbons (Fsp3) is 0.583. The van der Waals surface area contributed by atoms with E-state index < -0.39 is 0 Å². The molecule has 0 bridgehead atoms. The molecule has 0 radical (unpaired) electrons. The normalized spacial score (nSPS) is 23.9. The molecule has 0 saturated heterocycles. The fourth-order valence-corrected chi connectivity index (χ4v) is 2.07. The molecule has 16 heavy (non-hydrogen) atoms. The number of aliphatic hydroxyl groups excluding tert-OH is 1. The van der Waals surface area contributed by atoms with Crippen molar-refractivity contribution in [3.63, 3.8) is 0 Å². The number of nitrogens with zero attached hydrogens (tertiary/aromatic N) is 2. The number of hydrogen-bond donors (Lipinski definition) is 2. The van der Waals surface area contributed by atoms with E-state index in [4.69, 9.17) is 5.73 Å². The van der Waals surface area contributed by atoms with Crippen molar-refractivity contribution in [2.24, 2.45) is 5.92 Å². The lowest BCUT2D eigenvalue weighted by molar-refractivity contribution is 0.0464. The van der Waals surface area contributed by atoms with E-state index in [0.29, 0.717) is 5.92 Å². The molecular formula is C12H19N3O. The molecule has 1 fully saturated rings. The summed E-state index contributed by atoms with van der Waals surface area (Å²) in [5.74, 6) is 1.49. The van der Waals surface area contributed by atoms with Crippen LogP contribution in [0.3, 0.4) is 0 Å². The second kappa shape index (κ2) is 4.29. The Bertz CT molecular complexity index is 375. The largest absolute Gasteiger partial charge is 0.398 e. The van der Waals surface area contributed by atoms with Gasteiger partial charge in [0.15, 0.2) is 0 Å². The molecule has 4 heteroatoms. The lowest BCUT2D eigenvalue weighted by atomic mass is 9.82. The second-order valence-electron chi connectivity index (χ2n) is 4.77. The van der Waals surface area contributed by atoms with Crippen molar-refractivity contribution < 1.29 is 5.11 Å². The number of hydrogen-bond acceptors (Lipinski definition) is 4. The van der Waals surface area contributed by atoms with Crippen LogP contribution in [-0.4, -0.2) is 29.8 Å². The Morgan fingerprint density at radius 1 is 1.56 bits per heavy atom. The number of aromatic nitrogens is 1. The summed E-state index contributed by atoms with van der Waals surface area (Å²) < 4.78 is 0. The van der Waals surface area contributed by atoms with Gasteiger partial charge in [-0.2, -0.15) is 0 Å². The summed E-state index contributed by atoms with van der Waals surface area (Å²) in [6.07, 6.45) is 3.53. The summed E-state index contributed by atoms with van der Waals surface area (Å²) in [6, 6.07) is 1.91.